The fourth-order valence-electron chi connectivity index (χ4n) is 4.93. The Bertz CT molecular complexity index is 1090. The van der Waals surface area contributed by atoms with Gasteiger partial charge < -0.3 is 19.4 Å². The number of esters is 1. The first-order valence-electron chi connectivity index (χ1n) is 12.5. The number of nitrogens with one attached hydrogen (secondary N) is 1. The number of amides is 3. The predicted octanol–water partition coefficient (Wildman–Crippen LogP) is 0.498. The van der Waals surface area contributed by atoms with E-state index in [1.165, 1.54) is 23.8 Å². The highest BCUT2D eigenvalue weighted by Gasteiger charge is 2.40. The molecule has 12 heteroatoms. The van der Waals surface area contributed by atoms with Gasteiger partial charge in [-0.2, -0.15) is 0 Å². The van der Waals surface area contributed by atoms with Crippen LogP contribution in [0.3, 0.4) is 0 Å². The average Bonchev–Trinajstić information content (AvgIpc) is 3.37. The number of methoxy groups -OCH3 is 1. The normalized spacial score (nSPS) is 19.4. The van der Waals surface area contributed by atoms with Gasteiger partial charge in [0.05, 0.1) is 19.3 Å². The number of carbonyl (C=O) groups excluding carboxylic acids is 4. The largest absolute Gasteiger partial charge is 0.467 e. The van der Waals surface area contributed by atoms with Gasteiger partial charge in [0.1, 0.15) is 12.1 Å². The van der Waals surface area contributed by atoms with Gasteiger partial charge in [0, 0.05) is 39.6 Å². The third-order valence-corrected chi connectivity index (χ3v) is 8.42. The lowest BCUT2D eigenvalue weighted by Crippen LogP contribution is -2.54. The minimum atomic E-state index is -3.99. The molecule has 2 heterocycles. The Labute approximate surface area is 218 Å². The van der Waals surface area contributed by atoms with Crippen LogP contribution in [0.4, 0.5) is 0 Å². The Kier molecular flexibility index (Phi) is 9.66. The van der Waals surface area contributed by atoms with Gasteiger partial charge in [-0.15, -0.1) is 0 Å². The van der Waals surface area contributed by atoms with Crippen molar-refractivity contribution in [3.63, 3.8) is 0 Å². The number of sulfonamides is 1. The first-order valence-corrected chi connectivity index (χ1v) is 14.1. The van der Waals surface area contributed by atoms with Crippen molar-refractivity contribution in [3.8, 4) is 0 Å². The molecule has 1 N–H and O–H groups in total. The molecule has 1 aromatic carbocycles. The molecule has 11 nitrogen and oxygen atoms in total. The van der Waals surface area contributed by atoms with Crippen LogP contribution < -0.4 is 4.72 Å². The minimum absolute atomic E-state index is 0.0170. The van der Waals surface area contributed by atoms with Crippen LogP contribution in [-0.4, -0.2) is 98.7 Å². The molecule has 0 aliphatic carbocycles. The Morgan fingerprint density at radius 1 is 1.08 bits per heavy atom. The number of benzene rings is 1. The van der Waals surface area contributed by atoms with E-state index in [4.69, 9.17) is 4.74 Å². The number of ether oxygens (including phenoxy) is 1. The van der Waals surface area contributed by atoms with Gasteiger partial charge in [0.25, 0.3) is 0 Å². The quantitative estimate of drug-likeness (QED) is 0.454. The molecule has 0 spiro atoms. The molecule has 0 bridgehead atoms. The summed E-state index contributed by atoms with van der Waals surface area (Å²) in [6.07, 6.45) is 1.77. The van der Waals surface area contributed by atoms with Crippen molar-refractivity contribution in [3.05, 3.63) is 35.9 Å². The fraction of sp³-hybridized carbons (Fsp3) is 0.600. The highest BCUT2D eigenvalue weighted by Crippen LogP contribution is 2.22. The lowest BCUT2D eigenvalue weighted by atomic mass is 10.0. The summed E-state index contributed by atoms with van der Waals surface area (Å²) in [5, 5.41) is 0. The van der Waals surface area contributed by atoms with Gasteiger partial charge in [0.2, 0.25) is 27.7 Å². The smallest absolute Gasteiger partial charge is 0.328 e. The highest BCUT2D eigenvalue weighted by atomic mass is 32.2. The zero-order valence-electron chi connectivity index (χ0n) is 21.6. The molecule has 0 unspecified atom stereocenters. The van der Waals surface area contributed by atoms with Crippen LogP contribution in [0.25, 0.3) is 0 Å². The van der Waals surface area contributed by atoms with Crippen LogP contribution in [0.2, 0.25) is 0 Å². The van der Waals surface area contributed by atoms with E-state index in [2.05, 4.69) is 4.72 Å². The second-order valence-electron chi connectivity index (χ2n) is 9.57. The van der Waals surface area contributed by atoms with Crippen molar-refractivity contribution >= 4 is 33.7 Å². The zero-order valence-corrected chi connectivity index (χ0v) is 22.4. The number of rotatable bonds is 9. The minimum Gasteiger partial charge on any atom is -0.467 e. The van der Waals surface area contributed by atoms with Gasteiger partial charge in [-0.1, -0.05) is 30.3 Å². The molecule has 0 aromatic heterocycles. The summed E-state index contributed by atoms with van der Waals surface area (Å²) in [6.45, 7) is 2.83. The summed E-state index contributed by atoms with van der Waals surface area (Å²) in [5.41, 5.74) is 0.537. The number of hydrogen-bond donors (Lipinski definition) is 1. The second kappa shape index (κ2) is 12.5. The summed E-state index contributed by atoms with van der Waals surface area (Å²) in [6, 6.07) is 6.21. The van der Waals surface area contributed by atoms with E-state index in [1.54, 1.807) is 42.3 Å². The third-order valence-electron chi connectivity index (χ3n) is 7.06. The number of carbonyl (C=O) groups is 4. The van der Waals surface area contributed by atoms with E-state index in [9.17, 15) is 27.6 Å². The van der Waals surface area contributed by atoms with Crippen molar-refractivity contribution in [2.75, 3.05) is 33.8 Å². The Morgan fingerprint density at radius 3 is 2.32 bits per heavy atom. The Balaban J connectivity index is 1.77. The van der Waals surface area contributed by atoms with Crippen LogP contribution in [0.15, 0.2) is 30.3 Å². The monoisotopic (exact) mass is 536 g/mol. The molecule has 204 valence electrons. The molecule has 3 rings (SSSR count). The molecule has 37 heavy (non-hydrogen) atoms. The predicted molar refractivity (Wildman–Crippen MR) is 135 cm³/mol. The molecule has 0 radical (unpaired) electrons. The summed E-state index contributed by atoms with van der Waals surface area (Å²) < 4.78 is 33.3. The maximum Gasteiger partial charge on any atom is 0.328 e. The zero-order chi connectivity index (χ0) is 27.2. The van der Waals surface area contributed by atoms with Gasteiger partial charge >= 0.3 is 5.97 Å². The lowest BCUT2D eigenvalue weighted by molar-refractivity contribution is -0.151. The van der Waals surface area contributed by atoms with E-state index >= 15 is 0 Å². The van der Waals surface area contributed by atoms with Gasteiger partial charge in [-0.05, 0) is 31.2 Å². The molecule has 2 aliphatic heterocycles. The second-order valence-corrected chi connectivity index (χ2v) is 11.3. The van der Waals surface area contributed by atoms with Crippen LogP contribution in [0.1, 0.15) is 44.6 Å². The van der Waals surface area contributed by atoms with Crippen molar-refractivity contribution in [2.24, 2.45) is 0 Å². The van der Waals surface area contributed by atoms with Crippen molar-refractivity contribution < 1.29 is 32.3 Å². The van der Waals surface area contributed by atoms with Crippen LogP contribution in [-0.2, 0) is 39.7 Å². The van der Waals surface area contributed by atoms with Crippen LogP contribution in [0.5, 0.6) is 0 Å². The average molecular weight is 537 g/mol. The molecular weight excluding hydrogens is 500 g/mol. The van der Waals surface area contributed by atoms with Crippen molar-refractivity contribution in [1.29, 1.82) is 0 Å². The maximum absolute atomic E-state index is 13.5. The van der Waals surface area contributed by atoms with Crippen LogP contribution in [0, 0.1) is 0 Å². The maximum atomic E-state index is 13.5. The third kappa shape index (κ3) is 7.51. The standard InChI is InChI=1S/C25H36N4O7S/c1-18(30)28-14-11-20(12-15-28)27(2)23(31)16-21(24(32)29-13-7-10-22(29)25(33)36-3)26-37(34,35)17-19-8-5-4-6-9-19/h4-6,8-9,20-22,26H,7,10-17H2,1-3H3/t21-,22+/m1/s1. The van der Waals surface area contributed by atoms with E-state index < -0.39 is 39.9 Å². The molecule has 3 amide bonds. The number of nitrogens with zero attached hydrogens (tertiary/aromatic N) is 3. The first-order chi connectivity index (χ1) is 17.5. The molecule has 0 saturated carbocycles. The Morgan fingerprint density at radius 2 is 1.73 bits per heavy atom. The van der Waals surface area contributed by atoms with Crippen molar-refractivity contribution in [2.45, 2.75) is 62.9 Å². The SMILES string of the molecule is COC(=O)[C@@H]1CCCN1C(=O)[C@@H](CC(=O)N(C)C1CCN(C(C)=O)CC1)NS(=O)(=O)Cc1ccccc1. The summed E-state index contributed by atoms with van der Waals surface area (Å²) >= 11 is 0. The van der Waals surface area contributed by atoms with Crippen LogP contribution >= 0.6 is 0 Å². The highest BCUT2D eigenvalue weighted by molar-refractivity contribution is 7.88. The van der Waals surface area contributed by atoms with Gasteiger partial charge in [-0.3, -0.25) is 14.4 Å². The number of likely N-dealkylation sites (tertiary alicyclic amines) is 2. The lowest BCUT2D eigenvalue weighted by Gasteiger charge is -2.37. The van der Waals surface area contributed by atoms with Crippen molar-refractivity contribution in [1.82, 2.24) is 19.4 Å². The molecule has 2 fully saturated rings. The van der Waals surface area contributed by atoms with Gasteiger partial charge in [-0.25, -0.2) is 17.9 Å². The summed E-state index contributed by atoms with van der Waals surface area (Å²) in [7, 11) is -1.13. The molecule has 2 aliphatic rings. The van der Waals surface area contributed by atoms with E-state index in [0.717, 1.165) is 0 Å². The number of hydrogen-bond acceptors (Lipinski definition) is 7. The Hall–Kier alpha value is -2.99. The molecule has 2 atom stereocenters. The molecular formula is C25H36N4O7S. The molecule has 1 aromatic rings. The molecule has 2 saturated heterocycles. The van der Waals surface area contributed by atoms with Gasteiger partial charge in [0.15, 0.2) is 0 Å². The first kappa shape index (κ1) is 28.6. The fourth-order valence-corrected chi connectivity index (χ4v) is 6.27. The summed E-state index contributed by atoms with van der Waals surface area (Å²) in [4.78, 5) is 55.2. The topological polar surface area (TPSA) is 133 Å². The number of piperidine rings is 1. The van der Waals surface area contributed by atoms with E-state index in [0.29, 0.717) is 44.3 Å². The summed E-state index contributed by atoms with van der Waals surface area (Å²) in [5.74, 6) is -1.96. The van der Waals surface area contributed by atoms with E-state index in [-0.39, 0.29) is 30.7 Å². The van der Waals surface area contributed by atoms with E-state index in [1.807, 2.05) is 0 Å².